The van der Waals surface area contributed by atoms with Crippen LogP contribution in [0.15, 0.2) is 18.2 Å². The standard InChI is InChI=1S/C24H31N3O9/c1-15(2)36-14-20(29)25-8-9-33-10-11-34-12-13-35-18-5-3-4-16-21(18)24(32)27(23(16)31)17-6-7-19(28)26-22(17)30/h3-5,15,17H,6-14H2,1-2H3,(H,25,29)(H,26,28,30). The molecule has 2 aliphatic heterocycles. The van der Waals surface area contributed by atoms with Gasteiger partial charge in [0.2, 0.25) is 17.7 Å². The van der Waals surface area contributed by atoms with Gasteiger partial charge in [0.1, 0.15) is 25.0 Å². The zero-order valence-corrected chi connectivity index (χ0v) is 20.4. The van der Waals surface area contributed by atoms with Crippen molar-refractivity contribution in [3.8, 4) is 5.75 Å². The number of benzene rings is 1. The largest absolute Gasteiger partial charge is 0.490 e. The number of hydrogen-bond donors (Lipinski definition) is 2. The van der Waals surface area contributed by atoms with E-state index in [-0.39, 0.29) is 61.5 Å². The molecule has 12 heteroatoms. The molecule has 12 nitrogen and oxygen atoms in total. The molecule has 1 unspecified atom stereocenters. The number of hydrogen-bond acceptors (Lipinski definition) is 9. The Hall–Kier alpha value is -3.35. The lowest BCUT2D eigenvalue weighted by molar-refractivity contribution is -0.136. The van der Waals surface area contributed by atoms with Crippen LogP contribution in [0.3, 0.4) is 0 Å². The van der Waals surface area contributed by atoms with Gasteiger partial charge in [-0.15, -0.1) is 0 Å². The van der Waals surface area contributed by atoms with Gasteiger partial charge >= 0.3 is 0 Å². The van der Waals surface area contributed by atoms with Crippen LogP contribution in [-0.2, 0) is 28.6 Å². The Morgan fingerprint density at radius 1 is 1.06 bits per heavy atom. The third-order valence-electron chi connectivity index (χ3n) is 5.40. The topological polar surface area (TPSA) is 150 Å². The maximum atomic E-state index is 13.0. The Bertz CT molecular complexity index is 995. The van der Waals surface area contributed by atoms with Crippen LogP contribution >= 0.6 is 0 Å². The fraction of sp³-hybridized carbons (Fsp3) is 0.542. The molecular weight excluding hydrogens is 474 g/mol. The Morgan fingerprint density at radius 3 is 2.50 bits per heavy atom. The van der Waals surface area contributed by atoms with Gasteiger partial charge in [-0.25, -0.2) is 0 Å². The second kappa shape index (κ2) is 13.1. The van der Waals surface area contributed by atoms with E-state index in [1.165, 1.54) is 6.07 Å². The first kappa shape index (κ1) is 27.2. The van der Waals surface area contributed by atoms with E-state index in [0.29, 0.717) is 26.4 Å². The first-order chi connectivity index (χ1) is 17.3. The smallest absolute Gasteiger partial charge is 0.266 e. The SMILES string of the molecule is CC(C)OCC(=O)NCCOCCOCCOc1cccc2c1C(=O)N(C1CCC(=O)NC1=O)C2=O. The normalized spacial score (nSPS) is 17.4. The maximum Gasteiger partial charge on any atom is 0.266 e. The molecule has 0 bridgehead atoms. The van der Waals surface area contributed by atoms with Gasteiger partial charge < -0.3 is 24.3 Å². The van der Waals surface area contributed by atoms with E-state index in [1.54, 1.807) is 12.1 Å². The van der Waals surface area contributed by atoms with Gasteiger partial charge in [0.05, 0.1) is 43.7 Å². The van der Waals surface area contributed by atoms with E-state index in [9.17, 15) is 24.0 Å². The van der Waals surface area contributed by atoms with E-state index >= 15 is 0 Å². The van der Waals surface area contributed by atoms with Gasteiger partial charge in [-0.2, -0.15) is 0 Å². The highest BCUT2D eigenvalue weighted by molar-refractivity contribution is 6.24. The molecule has 3 rings (SSSR count). The van der Waals surface area contributed by atoms with Gasteiger partial charge in [0, 0.05) is 13.0 Å². The Morgan fingerprint density at radius 2 is 1.78 bits per heavy atom. The number of carbonyl (C=O) groups excluding carboxylic acids is 5. The van der Waals surface area contributed by atoms with Crippen molar-refractivity contribution < 1.29 is 42.9 Å². The lowest BCUT2D eigenvalue weighted by atomic mass is 10.0. The predicted octanol–water partition coefficient (Wildman–Crippen LogP) is 0.0410. The molecular formula is C24H31N3O9. The summed E-state index contributed by atoms with van der Waals surface area (Å²) in [6.45, 7) is 5.40. The van der Waals surface area contributed by atoms with Crippen molar-refractivity contribution in [3.05, 3.63) is 29.3 Å². The lowest BCUT2D eigenvalue weighted by Crippen LogP contribution is -2.54. The van der Waals surface area contributed by atoms with Crippen molar-refractivity contribution in [3.63, 3.8) is 0 Å². The van der Waals surface area contributed by atoms with E-state index in [2.05, 4.69) is 10.6 Å². The first-order valence-corrected chi connectivity index (χ1v) is 11.8. The van der Waals surface area contributed by atoms with E-state index in [1.807, 2.05) is 13.8 Å². The maximum absolute atomic E-state index is 13.0. The zero-order chi connectivity index (χ0) is 26.1. The van der Waals surface area contributed by atoms with Crippen LogP contribution < -0.4 is 15.4 Å². The summed E-state index contributed by atoms with van der Waals surface area (Å²) in [7, 11) is 0. The molecule has 0 aliphatic carbocycles. The molecule has 1 saturated heterocycles. The van der Waals surface area contributed by atoms with Gasteiger partial charge in [-0.1, -0.05) is 6.07 Å². The quantitative estimate of drug-likeness (QED) is 0.264. The second-order valence-electron chi connectivity index (χ2n) is 8.41. The predicted molar refractivity (Wildman–Crippen MR) is 124 cm³/mol. The van der Waals surface area contributed by atoms with Crippen molar-refractivity contribution in [2.75, 3.05) is 46.2 Å². The molecule has 5 amide bonds. The number of nitrogens with zero attached hydrogens (tertiary/aromatic N) is 1. The average molecular weight is 506 g/mol. The Kier molecular flexibility index (Phi) is 9.91. The summed E-state index contributed by atoms with van der Waals surface area (Å²) in [5, 5.41) is 4.85. The van der Waals surface area contributed by atoms with E-state index in [4.69, 9.17) is 18.9 Å². The van der Waals surface area contributed by atoms with Gasteiger partial charge in [0.25, 0.3) is 11.8 Å². The number of fused-ring (bicyclic) bond motifs is 1. The van der Waals surface area contributed by atoms with Crippen LogP contribution in [0, 0.1) is 0 Å². The third kappa shape index (κ3) is 7.09. The minimum absolute atomic E-state index is 0.00792. The number of nitrogens with one attached hydrogen (secondary N) is 2. The van der Waals surface area contributed by atoms with Crippen LogP contribution in [0.2, 0.25) is 0 Å². The molecule has 0 saturated carbocycles. The highest BCUT2D eigenvalue weighted by Crippen LogP contribution is 2.33. The number of carbonyl (C=O) groups is 5. The number of piperidine rings is 1. The highest BCUT2D eigenvalue weighted by atomic mass is 16.5. The van der Waals surface area contributed by atoms with Crippen LogP contribution in [0.25, 0.3) is 0 Å². The molecule has 0 spiro atoms. The van der Waals surface area contributed by atoms with Crippen molar-refractivity contribution in [1.29, 1.82) is 0 Å². The minimum Gasteiger partial charge on any atom is -0.490 e. The lowest BCUT2D eigenvalue weighted by Gasteiger charge is -2.27. The summed E-state index contributed by atoms with van der Waals surface area (Å²) in [6.07, 6.45) is 0.128. The zero-order valence-electron chi connectivity index (χ0n) is 20.4. The van der Waals surface area contributed by atoms with Gasteiger partial charge in [0.15, 0.2) is 0 Å². The third-order valence-corrected chi connectivity index (χ3v) is 5.40. The Labute approximate surface area is 208 Å². The molecule has 1 atom stereocenters. The van der Waals surface area contributed by atoms with Crippen LogP contribution in [0.1, 0.15) is 47.4 Å². The van der Waals surface area contributed by atoms with Gasteiger partial charge in [-0.05, 0) is 32.4 Å². The monoisotopic (exact) mass is 505 g/mol. The molecule has 1 fully saturated rings. The summed E-state index contributed by atoms with van der Waals surface area (Å²) < 4.78 is 21.7. The highest BCUT2D eigenvalue weighted by Gasteiger charge is 2.45. The van der Waals surface area contributed by atoms with E-state index in [0.717, 1.165) is 4.90 Å². The summed E-state index contributed by atoms with van der Waals surface area (Å²) in [6, 6.07) is 3.63. The number of ether oxygens (including phenoxy) is 4. The van der Waals surface area contributed by atoms with Crippen molar-refractivity contribution in [1.82, 2.24) is 15.5 Å². The van der Waals surface area contributed by atoms with Crippen LogP contribution in [0.4, 0.5) is 0 Å². The average Bonchev–Trinajstić information content (AvgIpc) is 3.09. The van der Waals surface area contributed by atoms with Crippen molar-refractivity contribution in [2.24, 2.45) is 0 Å². The van der Waals surface area contributed by atoms with Gasteiger partial charge in [-0.3, -0.25) is 34.2 Å². The molecule has 2 aliphatic rings. The molecule has 1 aromatic rings. The number of imide groups is 2. The summed E-state index contributed by atoms with van der Waals surface area (Å²) in [5.74, 6) is -2.29. The second-order valence-corrected chi connectivity index (χ2v) is 8.41. The van der Waals surface area contributed by atoms with Crippen LogP contribution in [-0.4, -0.2) is 92.8 Å². The number of rotatable bonds is 14. The first-order valence-electron chi connectivity index (χ1n) is 11.8. The van der Waals surface area contributed by atoms with Crippen LogP contribution in [0.5, 0.6) is 5.75 Å². The van der Waals surface area contributed by atoms with E-state index < -0.39 is 29.7 Å². The number of amides is 5. The van der Waals surface area contributed by atoms with Crippen molar-refractivity contribution in [2.45, 2.75) is 38.8 Å². The molecule has 0 radical (unpaired) electrons. The molecule has 36 heavy (non-hydrogen) atoms. The molecule has 2 N–H and O–H groups in total. The molecule has 196 valence electrons. The fourth-order valence-electron chi connectivity index (χ4n) is 3.69. The minimum atomic E-state index is -1.03. The van der Waals surface area contributed by atoms with Crippen molar-refractivity contribution >= 4 is 29.5 Å². The summed E-state index contributed by atoms with van der Waals surface area (Å²) >= 11 is 0. The molecule has 0 aromatic heterocycles. The summed E-state index contributed by atoms with van der Waals surface area (Å²) in [5.41, 5.74) is 0.246. The molecule has 2 heterocycles. The molecule has 1 aromatic carbocycles. The Balaban J connectivity index is 1.36. The summed E-state index contributed by atoms with van der Waals surface area (Å²) in [4.78, 5) is 61.8. The fourth-order valence-corrected chi connectivity index (χ4v) is 3.69.